The van der Waals surface area contributed by atoms with Crippen LogP contribution in [0.25, 0.3) is 0 Å². The average molecular weight is 287 g/mol. The molecular weight excluding hydrogens is 266 g/mol. The smallest absolute Gasteiger partial charge is 0.0475 e. The van der Waals surface area contributed by atoms with Gasteiger partial charge in [-0.2, -0.15) is 0 Å². The van der Waals surface area contributed by atoms with Gasteiger partial charge in [-0.1, -0.05) is 30.3 Å². The summed E-state index contributed by atoms with van der Waals surface area (Å²) in [6.45, 7) is 3.76. The number of hydrogen-bond donors (Lipinski definition) is 1. The second kappa shape index (κ2) is 5.68. The molecule has 1 unspecified atom stereocenters. The van der Waals surface area contributed by atoms with Gasteiger partial charge < -0.3 is 10.5 Å². The van der Waals surface area contributed by atoms with E-state index >= 15 is 0 Å². The van der Waals surface area contributed by atoms with Gasteiger partial charge in [-0.15, -0.1) is 11.3 Å². The van der Waals surface area contributed by atoms with E-state index in [4.69, 9.17) is 10.5 Å². The molecule has 1 fully saturated rings. The topological polar surface area (TPSA) is 35.2 Å². The van der Waals surface area contributed by atoms with Gasteiger partial charge in [0.2, 0.25) is 0 Å². The molecule has 1 aromatic carbocycles. The van der Waals surface area contributed by atoms with Crippen LogP contribution in [0, 0.1) is 6.92 Å². The first-order chi connectivity index (χ1) is 9.74. The Labute approximate surface area is 124 Å². The van der Waals surface area contributed by atoms with Gasteiger partial charge in [0.1, 0.15) is 0 Å². The molecule has 1 aromatic heterocycles. The molecule has 0 spiro atoms. The lowest BCUT2D eigenvalue weighted by Crippen LogP contribution is -2.43. The van der Waals surface area contributed by atoms with Crippen LogP contribution < -0.4 is 5.73 Å². The summed E-state index contributed by atoms with van der Waals surface area (Å²) in [6, 6.07) is 12.9. The highest BCUT2D eigenvalue weighted by atomic mass is 32.1. The van der Waals surface area contributed by atoms with Crippen molar-refractivity contribution in [1.29, 1.82) is 0 Å². The maximum Gasteiger partial charge on any atom is 0.0475 e. The first-order valence-electron chi connectivity index (χ1n) is 7.17. The molecule has 2 nitrogen and oxygen atoms in total. The molecule has 0 radical (unpaired) electrons. The zero-order valence-electron chi connectivity index (χ0n) is 11.8. The highest BCUT2D eigenvalue weighted by Gasteiger charge is 2.41. The third kappa shape index (κ3) is 2.30. The van der Waals surface area contributed by atoms with Crippen LogP contribution in [-0.4, -0.2) is 13.2 Å². The lowest BCUT2D eigenvalue weighted by atomic mass is 9.67. The Morgan fingerprint density at radius 3 is 2.45 bits per heavy atom. The van der Waals surface area contributed by atoms with E-state index in [-0.39, 0.29) is 11.5 Å². The Hall–Kier alpha value is -1.16. The Kier molecular flexibility index (Phi) is 3.92. The molecule has 106 valence electrons. The van der Waals surface area contributed by atoms with Crippen molar-refractivity contribution in [2.24, 2.45) is 5.73 Å². The molecule has 0 amide bonds. The molecule has 3 heteroatoms. The van der Waals surface area contributed by atoms with Crippen molar-refractivity contribution in [3.05, 3.63) is 57.8 Å². The van der Waals surface area contributed by atoms with Crippen LogP contribution in [0.4, 0.5) is 0 Å². The zero-order chi connectivity index (χ0) is 14.0. The molecule has 1 aliphatic rings. The summed E-state index contributed by atoms with van der Waals surface area (Å²) in [5.41, 5.74) is 9.38. The van der Waals surface area contributed by atoms with E-state index in [9.17, 15) is 0 Å². The second-order valence-electron chi connectivity index (χ2n) is 5.54. The molecule has 1 atom stereocenters. The monoisotopic (exact) mass is 287 g/mol. The summed E-state index contributed by atoms with van der Waals surface area (Å²) in [5.74, 6) is 0. The van der Waals surface area contributed by atoms with Crippen LogP contribution in [-0.2, 0) is 10.2 Å². The Balaban J connectivity index is 2.04. The van der Waals surface area contributed by atoms with Gasteiger partial charge in [0, 0.05) is 29.5 Å². The molecule has 0 saturated carbocycles. The van der Waals surface area contributed by atoms with Crippen LogP contribution in [0.5, 0.6) is 0 Å². The second-order valence-corrected chi connectivity index (χ2v) is 6.66. The third-order valence-electron chi connectivity index (χ3n) is 4.56. The Morgan fingerprint density at radius 1 is 1.15 bits per heavy atom. The van der Waals surface area contributed by atoms with Crippen molar-refractivity contribution in [3.63, 3.8) is 0 Å². The minimum Gasteiger partial charge on any atom is -0.381 e. The minimum absolute atomic E-state index is 0.00530. The number of hydrogen-bond acceptors (Lipinski definition) is 3. The molecule has 0 bridgehead atoms. The molecule has 1 aliphatic heterocycles. The van der Waals surface area contributed by atoms with Gasteiger partial charge in [-0.3, -0.25) is 0 Å². The van der Waals surface area contributed by atoms with Gasteiger partial charge in [0.25, 0.3) is 0 Å². The van der Waals surface area contributed by atoms with E-state index in [1.54, 1.807) is 11.3 Å². The van der Waals surface area contributed by atoms with Crippen LogP contribution in [0.1, 0.15) is 34.9 Å². The Morgan fingerprint density at radius 2 is 1.85 bits per heavy atom. The van der Waals surface area contributed by atoms with Gasteiger partial charge in [0.05, 0.1) is 0 Å². The predicted molar refractivity (Wildman–Crippen MR) is 84.2 cm³/mol. The summed E-state index contributed by atoms with van der Waals surface area (Å²) in [6.07, 6.45) is 1.99. The van der Waals surface area contributed by atoms with E-state index in [0.717, 1.165) is 26.1 Å². The fourth-order valence-corrected chi connectivity index (χ4v) is 4.05. The predicted octanol–water partition coefficient (Wildman–Crippen LogP) is 3.80. The number of nitrogens with two attached hydrogens (primary N) is 1. The van der Waals surface area contributed by atoms with E-state index in [1.807, 2.05) is 0 Å². The number of aryl methyl sites for hydroxylation is 1. The maximum absolute atomic E-state index is 6.73. The number of thiophene rings is 1. The fraction of sp³-hybridized carbons (Fsp3) is 0.412. The maximum atomic E-state index is 6.73. The first-order valence-corrected chi connectivity index (χ1v) is 8.05. The van der Waals surface area contributed by atoms with E-state index in [2.05, 4.69) is 48.7 Å². The number of ether oxygens (including phenoxy) is 1. The highest BCUT2D eigenvalue weighted by molar-refractivity contribution is 7.10. The van der Waals surface area contributed by atoms with Crippen molar-refractivity contribution in [2.75, 3.05) is 13.2 Å². The molecule has 20 heavy (non-hydrogen) atoms. The quantitative estimate of drug-likeness (QED) is 0.932. The standard InChI is InChI=1S/C17H21NOS/c1-13-15(7-12-20-13)16(18)17(8-10-19-11-9-17)14-5-3-2-4-6-14/h2-7,12,16H,8-11,18H2,1H3. The first kappa shape index (κ1) is 13.8. The van der Waals surface area contributed by atoms with E-state index in [0.29, 0.717) is 0 Å². The molecular formula is C17H21NOS. The number of rotatable bonds is 3. The summed E-state index contributed by atoms with van der Waals surface area (Å²) in [7, 11) is 0. The van der Waals surface area contributed by atoms with Crippen molar-refractivity contribution < 1.29 is 4.74 Å². The fourth-order valence-electron chi connectivity index (χ4n) is 3.30. The molecule has 2 heterocycles. The van der Waals surface area contributed by atoms with Crippen LogP contribution in [0.15, 0.2) is 41.8 Å². The SMILES string of the molecule is Cc1sccc1C(N)C1(c2ccccc2)CCOCC1. The molecule has 3 rings (SSSR count). The lowest BCUT2D eigenvalue weighted by molar-refractivity contribution is 0.0397. The van der Waals surface area contributed by atoms with Gasteiger partial charge >= 0.3 is 0 Å². The zero-order valence-corrected chi connectivity index (χ0v) is 12.7. The normalized spacial score (nSPS) is 19.7. The summed E-state index contributed by atoms with van der Waals surface area (Å²) in [5, 5.41) is 2.14. The van der Waals surface area contributed by atoms with E-state index in [1.165, 1.54) is 16.0 Å². The number of benzene rings is 1. The molecule has 0 aliphatic carbocycles. The Bertz CT molecular complexity index is 557. The third-order valence-corrected chi connectivity index (χ3v) is 5.42. The summed E-state index contributed by atoms with van der Waals surface area (Å²) in [4.78, 5) is 1.33. The van der Waals surface area contributed by atoms with Gasteiger partial charge in [-0.25, -0.2) is 0 Å². The van der Waals surface area contributed by atoms with Crippen molar-refractivity contribution in [1.82, 2.24) is 0 Å². The largest absolute Gasteiger partial charge is 0.381 e. The molecule has 2 aromatic rings. The van der Waals surface area contributed by atoms with Crippen LogP contribution in [0.2, 0.25) is 0 Å². The van der Waals surface area contributed by atoms with Gasteiger partial charge in [0.15, 0.2) is 0 Å². The lowest BCUT2D eigenvalue weighted by Gasteiger charge is -2.42. The van der Waals surface area contributed by atoms with Gasteiger partial charge in [-0.05, 0) is 42.3 Å². The summed E-state index contributed by atoms with van der Waals surface area (Å²) >= 11 is 1.78. The van der Waals surface area contributed by atoms with Crippen molar-refractivity contribution in [3.8, 4) is 0 Å². The average Bonchev–Trinajstić information content (AvgIpc) is 2.94. The summed E-state index contributed by atoms with van der Waals surface area (Å²) < 4.78 is 5.59. The molecule has 1 saturated heterocycles. The molecule has 2 N–H and O–H groups in total. The van der Waals surface area contributed by atoms with Crippen molar-refractivity contribution >= 4 is 11.3 Å². The minimum atomic E-state index is 0.00530. The van der Waals surface area contributed by atoms with Crippen LogP contribution >= 0.6 is 11.3 Å². The highest BCUT2D eigenvalue weighted by Crippen LogP contribution is 2.45. The van der Waals surface area contributed by atoms with Crippen LogP contribution in [0.3, 0.4) is 0 Å². The van der Waals surface area contributed by atoms with E-state index < -0.39 is 0 Å². The van der Waals surface area contributed by atoms with Crippen molar-refractivity contribution in [2.45, 2.75) is 31.2 Å².